The number of thiol groups is 2. The van der Waals surface area contributed by atoms with Crippen molar-refractivity contribution in [2.75, 3.05) is 44.8 Å². The number of nitrogens with zero attached hydrogens (tertiary/aromatic N) is 2. The molecule has 76 heavy (non-hydrogen) atoms. The first-order chi connectivity index (χ1) is 35.9. The van der Waals surface area contributed by atoms with E-state index < -0.39 is 139 Å². The van der Waals surface area contributed by atoms with Crippen LogP contribution >= 0.6 is 25.3 Å². The van der Waals surface area contributed by atoms with E-state index in [1.807, 2.05) is 0 Å². The Kier molecular flexibility index (Phi) is 28.5. The molecule has 1 fully saturated rings. The van der Waals surface area contributed by atoms with Crippen LogP contribution in [0.3, 0.4) is 0 Å². The van der Waals surface area contributed by atoms with Gasteiger partial charge < -0.3 is 85.9 Å². The normalized spacial score (nSPS) is 15.5. The van der Waals surface area contributed by atoms with E-state index in [4.69, 9.17) is 33.4 Å². The van der Waals surface area contributed by atoms with Gasteiger partial charge in [-0.15, -0.1) is 0 Å². The molecule has 1 aliphatic heterocycles. The number of likely N-dealkylation sites (tertiary alicyclic amines) is 1. The maximum absolute atomic E-state index is 14.0. The van der Waals surface area contributed by atoms with E-state index in [1.165, 1.54) is 7.11 Å². The van der Waals surface area contributed by atoms with Gasteiger partial charge in [0.15, 0.2) is 5.96 Å². The second-order valence-corrected chi connectivity index (χ2v) is 18.1. The van der Waals surface area contributed by atoms with Crippen molar-refractivity contribution in [2.24, 2.45) is 33.7 Å². The van der Waals surface area contributed by atoms with Crippen molar-refractivity contribution in [3.05, 3.63) is 29.8 Å². The minimum Gasteiger partial charge on any atom is -0.497 e. The third-order valence-electron chi connectivity index (χ3n) is 11.4. The van der Waals surface area contributed by atoms with Gasteiger partial charge in [-0.1, -0.05) is 12.1 Å². The molecule has 1 aliphatic rings. The molecule has 0 aliphatic carbocycles. The SMILES string of the molecule is COc1ccc(C[C@H](NC(=O)[C@H](CC(=O)O)NC(=O)CNC(=O)[C@H](CCCN=C(N)N)NC(=O)[C@@H]2CCCN2C(=O)[C@H](CC(N)=O)NC(=O)[C@H](CS)NC(C)=O)C(=O)N[C@@H](CCCCN)C(=O)N[C@@H](CS)C(N)=O)cc1. The molecule has 0 saturated carbocycles. The first-order valence-corrected chi connectivity index (χ1v) is 25.3. The molecule has 0 bridgehead atoms. The molecular weight excluding hydrogens is 1040 g/mol. The number of carboxylic acids is 1. The molecule has 0 aromatic heterocycles. The fourth-order valence-corrected chi connectivity index (χ4v) is 8.10. The zero-order valence-electron chi connectivity index (χ0n) is 42.2. The van der Waals surface area contributed by atoms with Gasteiger partial charge in [-0.05, 0) is 69.2 Å². The Morgan fingerprint density at radius 3 is 1.83 bits per heavy atom. The molecule has 19 N–H and O–H groups in total. The summed E-state index contributed by atoms with van der Waals surface area (Å²) in [5, 5.41) is 29.1. The summed E-state index contributed by atoms with van der Waals surface area (Å²) in [5.41, 5.74) is 27.8. The summed E-state index contributed by atoms with van der Waals surface area (Å²) in [6.45, 7) is 0.518. The number of aliphatic imine (C=N–C) groups is 1. The third kappa shape index (κ3) is 23.0. The maximum Gasteiger partial charge on any atom is 0.305 e. The lowest BCUT2D eigenvalue weighted by atomic mass is 10.0. The van der Waals surface area contributed by atoms with Crippen molar-refractivity contribution < 1.29 is 67.4 Å². The van der Waals surface area contributed by atoms with E-state index in [0.29, 0.717) is 24.2 Å². The number of carbonyl (C=O) groups is 12. The predicted molar refractivity (Wildman–Crippen MR) is 279 cm³/mol. The monoisotopic (exact) mass is 1110 g/mol. The number of nitrogens with one attached hydrogen (secondary N) is 8. The maximum atomic E-state index is 14.0. The molecule has 31 heteroatoms. The van der Waals surface area contributed by atoms with Crippen molar-refractivity contribution >= 4 is 102 Å². The summed E-state index contributed by atoms with van der Waals surface area (Å²) < 4.78 is 5.20. The van der Waals surface area contributed by atoms with Gasteiger partial charge in [-0.3, -0.25) is 62.5 Å². The predicted octanol–water partition coefficient (Wildman–Crippen LogP) is -6.36. The van der Waals surface area contributed by atoms with Crippen molar-refractivity contribution in [1.29, 1.82) is 0 Å². The van der Waals surface area contributed by atoms with Gasteiger partial charge in [0.1, 0.15) is 54.1 Å². The molecule has 1 aromatic rings. The smallest absolute Gasteiger partial charge is 0.305 e. The van der Waals surface area contributed by atoms with Gasteiger partial charge in [0.25, 0.3) is 0 Å². The molecule has 8 atom stereocenters. The topological polar surface area (TPSA) is 476 Å². The molecular formula is C45H71N15O14S2. The lowest BCUT2D eigenvalue weighted by Gasteiger charge is -2.30. The van der Waals surface area contributed by atoms with Crippen LogP contribution in [0, 0.1) is 0 Å². The van der Waals surface area contributed by atoms with E-state index in [-0.39, 0.29) is 75.6 Å². The summed E-state index contributed by atoms with van der Waals surface area (Å²) in [7, 11) is 1.43. The van der Waals surface area contributed by atoms with Crippen LogP contribution in [-0.4, -0.2) is 180 Å². The van der Waals surface area contributed by atoms with E-state index in [1.54, 1.807) is 24.3 Å². The minimum absolute atomic E-state index is 0.00576. The molecule has 0 radical (unpaired) electrons. The number of rotatable bonds is 34. The number of benzene rings is 1. The summed E-state index contributed by atoms with van der Waals surface area (Å²) >= 11 is 8.10. The Morgan fingerprint density at radius 2 is 1.26 bits per heavy atom. The Bertz CT molecular complexity index is 2260. The Hall–Kier alpha value is -7.41. The third-order valence-corrected chi connectivity index (χ3v) is 12.2. The second kappa shape index (κ2) is 33.5. The van der Waals surface area contributed by atoms with Crippen LogP contribution in [0.25, 0.3) is 0 Å². The van der Waals surface area contributed by atoms with Crippen LogP contribution in [0.2, 0.25) is 0 Å². The highest BCUT2D eigenvalue weighted by atomic mass is 32.1. The van der Waals surface area contributed by atoms with E-state index in [2.05, 4.69) is 72.8 Å². The van der Waals surface area contributed by atoms with Gasteiger partial charge in [-0.2, -0.15) is 25.3 Å². The minimum atomic E-state index is -1.86. The average Bonchev–Trinajstić information content (AvgIpc) is 3.86. The van der Waals surface area contributed by atoms with Crippen molar-refractivity contribution in [3.63, 3.8) is 0 Å². The highest BCUT2D eigenvalue weighted by Gasteiger charge is 2.40. The van der Waals surface area contributed by atoms with Crippen molar-refractivity contribution in [1.82, 2.24) is 47.4 Å². The molecule has 29 nitrogen and oxygen atoms in total. The number of amides is 11. The number of ether oxygens (including phenoxy) is 1. The van der Waals surface area contributed by atoms with Crippen LogP contribution in [0.4, 0.5) is 0 Å². The number of carbonyl (C=O) groups excluding carboxylic acids is 11. The van der Waals surface area contributed by atoms with Crippen LogP contribution in [0.1, 0.15) is 70.3 Å². The van der Waals surface area contributed by atoms with Crippen molar-refractivity contribution in [3.8, 4) is 5.75 Å². The second-order valence-electron chi connectivity index (χ2n) is 17.4. The average molecular weight is 1110 g/mol. The summed E-state index contributed by atoms with van der Waals surface area (Å²) in [6, 6.07) is -4.91. The van der Waals surface area contributed by atoms with E-state index >= 15 is 0 Å². The van der Waals surface area contributed by atoms with Gasteiger partial charge >= 0.3 is 5.97 Å². The molecule has 1 heterocycles. The fourth-order valence-electron chi connectivity index (χ4n) is 7.57. The van der Waals surface area contributed by atoms with Crippen LogP contribution < -0.4 is 75.9 Å². The largest absolute Gasteiger partial charge is 0.497 e. The summed E-state index contributed by atoms with van der Waals surface area (Å²) in [6.07, 6.45) is -0.737. The highest BCUT2D eigenvalue weighted by Crippen LogP contribution is 2.20. The van der Waals surface area contributed by atoms with E-state index in [9.17, 15) is 62.6 Å². The number of nitrogens with two attached hydrogens (primary N) is 5. The molecule has 1 aromatic carbocycles. The number of aliphatic carboxylic acids is 1. The fraction of sp³-hybridized carbons (Fsp3) is 0.578. The Labute approximate surface area is 449 Å². The zero-order valence-corrected chi connectivity index (χ0v) is 44.0. The standard InChI is InChI=1S/C45H71N15O14S2/c1-23(61)53-32(22-76)42(71)58-30(18-34(47)62)44(73)60-16-6-9-33(60)43(72)56-26(8-5-15-51-45(49)50)38(67)52-20-35(63)54-29(19-36(64)65)41(70)57-28(17-24-10-12-25(74-2)13-11-24)40(69)55-27(7-3-4-14-46)39(68)59-31(21-75)37(48)66/h10-13,26-33,75-76H,3-9,14-22,46H2,1-2H3,(H2,47,62)(H2,48,66)(H,52,67)(H,53,61)(H,54,63)(H,55,69)(H,56,72)(H,57,70)(H,58,71)(H,59,68)(H,64,65)(H4,49,50,51)/t26-,27-,28-,29-,30-,31-,32-,33-/m0/s1. The van der Waals surface area contributed by atoms with Crippen LogP contribution in [0.15, 0.2) is 29.3 Å². The van der Waals surface area contributed by atoms with Crippen LogP contribution in [0.5, 0.6) is 5.75 Å². The number of methoxy groups -OCH3 is 1. The lowest BCUT2D eigenvalue weighted by molar-refractivity contribution is -0.143. The highest BCUT2D eigenvalue weighted by molar-refractivity contribution is 7.80. The quantitative estimate of drug-likeness (QED) is 0.0132. The first kappa shape index (κ1) is 64.7. The number of unbranched alkanes of at least 4 members (excludes halogenated alkanes) is 1. The molecule has 0 unspecified atom stereocenters. The van der Waals surface area contributed by atoms with E-state index in [0.717, 1.165) is 11.8 Å². The molecule has 2 rings (SSSR count). The first-order valence-electron chi connectivity index (χ1n) is 24.0. The zero-order chi connectivity index (χ0) is 57.1. The van der Waals surface area contributed by atoms with Crippen molar-refractivity contribution in [2.45, 2.75) is 119 Å². The summed E-state index contributed by atoms with van der Waals surface area (Å²) in [4.78, 5) is 162. The number of hydrogen-bond donors (Lipinski definition) is 16. The van der Waals surface area contributed by atoms with Gasteiger partial charge in [-0.25, -0.2) is 0 Å². The lowest BCUT2D eigenvalue weighted by Crippen LogP contribution is -2.59. The van der Waals surface area contributed by atoms with Gasteiger partial charge in [0.05, 0.1) is 26.5 Å². The molecule has 1 saturated heterocycles. The number of primary amides is 2. The number of hydrogen-bond acceptors (Lipinski definition) is 17. The number of guanidine groups is 1. The van der Waals surface area contributed by atoms with Gasteiger partial charge in [0, 0.05) is 37.9 Å². The Morgan fingerprint density at radius 1 is 0.697 bits per heavy atom. The Balaban J connectivity index is 2.36. The van der Waals surface area contributed by atoms with Crippen LogP contribution in [-0.2, 0) is 64.0 Å². The van der Waals surface area contributed by atoms with Gasteiger partial charge in [0.2, 0.25) is 65.0 Å². The molecule has 0 spiro atoms. The molecule has 422 valence electrons. The molecule has 11 amide bonds. The number of carboxylic acid groups (broad SMARTS) is 1. The summed E-state index contributed by atoms with van der Waals surface area (Å²) in [5.74, 6) is -11.6.